The second-order valence-electron chi connectivity index (χ2n) is 5.37. The number of halogens is 1. The van der Waals surface area contributed by atoms with E-state index in [-0.39, 0.29) is 5.75 Å². The van der Waals surface area contributed by atoms with Crippen LogP contribution in [0, 0.1) is 3.57 Å². The minimum absolute atomic E-state index is 0.0654. The number of methoxy groups -OCH3 is 1. The highest BCUT2D eigenvalue weighted by Gasteiger charge is 2.07. The van der Waals surface area contributed by atoms with E-state index in [1.165, 1.54) is 6.07 Å². The molecule has 1 amide bonds. The van der Waals surface area contributed by atoms with E-state index in [1.807, 2.05) is 69.8 Å². The fourth-order valence-electron chi connectivity index (χ4n) is 2.35. The summed E-state index contributed by atoms with van der Waals surface area (Å²) in [6, 6.07) is 16.1. The molecule has 0 spiro atoms. The number of phenolic OH excluding ortho intramolecular Hbond substituents is 1. The van der Waals surface area contributed by atoms with Gasteiger partial charge in [-0.15, -0.1) is 0 Å². The predicted molar refractivity (Wildman–Crippen MR) is 108 cm³/mol. The fraction of sp³-hybridized carbons (Fsp3) is 0.0526. The average molecular weight is 461 g/mol. The van der Waals surface area contributed by atoms with Crippen LogP contribution in [0.2, 0.25) is 0 Å². The Morgan fingerprint density at radius 1 is 1.23 bits per heavy atom. The second-order valence-corrected chi connectivity index (χ2v) is 6.53. The topological polar surface area (TPSA) is 75.8 Å². The van der Waals surface area contributed by atoms with Crippen LogP contribution in [-0.4, -0.2) is 28.9 Å². The maximum atomic E-state index is 12.1. The lowest BCUT2D eigenvalue weighted by Crippen LogP contribution is -2.17. The SMILES string of the molecule is COc1ccc(-n2cccc2C=NNC(=O)c2ccc(I)c(O)c2)cc1. The Kier molecular flexibility index (Phi) is 5.57. The number of ether oxygens (including phenoxy) is 1. The first kappa shape index (κ1) is 18.0. The summed E-state index contributed by atoms with van der Waals surface area (Å²) in [5, 5.41) is 13.7. The van der Waals surface area contributed by atoms with E-state index in [2.05, 4.69) is 10.5 Å². The van der Waals surface area contributed by atoms with E-state index < -0.39 is 5.91 Å². The number of carbonyl (C=O) groups excluding carboxylic acids is 1. The van der Waals surface area contributed by atoms with E-state index in [1.54, 1.807) is 25.5 Å². The quantitative estimate of drug-likeness (QED) is 0.347. The molecule has 1 heterocycles. The standard InChI is InChI=1S/C19H16IN3O3/c1-26-16-7-5-14(6-8-16)23-10-2-3-15(23)12-21-22-19(25)13-4-9-17(20)18(24)11-13/h2-12,24H,1H3,(H,22,25). The Hall–Kier alpha value is -2.81. The lowest BCUT2D eigenvalue weighted by atomic mass is 10.2. The van der Waals surface area contributed by atoms with E-state index in [9.17, 15) is 9.90 Å². The zero-order valence-corrected chi connectivity index (χ0v) is 16.0. The van der Waals surface area contributed by atoms with Crippen LogP contribution in [0.25, 0.3) is 5.69 Å². The average Bonchev–Trinajstić information content (AvgIpc) is 3.12. The number of aromatic hydroxyl groups is 1. The van der Waals surface area contributed by atoms with Crippen molar-refractivity contribution in [1.29, 1.82) is 0 Å². The van der Waals surface area contributed by atoms with Crippen molar-refractivity contribution in [3.8, 4) is 17.2 Å². The van der Waals surface area contributed by atoms with Crippen LogP contribution in [0.1, 0.15) is 16.1 Å². The molecule has 3 aromatic rings. The Labute approximate surface area is 164 Å². The van der Waals surface area contributed by atoms with Gasteiger partial charge in [0.25, 0.3) is 5.91 Å². The fourth-order valence-corrected chi connectivity index (χ4v) is 2.69. The third kappa shape index (κ3) is 4.05. The second kappa shape index (κ2) is 8.05. The summed E-state index contributed by atoms with van der Waals surface area (Å²) >= 11 is 1.99. The van der Waals surface area contributed by atoms with Gasteiger partial charge in [-0.2, -0.15) is 5.10 Å². The summed E-state index contributed by atoms with van der Waals surface area (Å²) in [6.07, 6.45) is 3.47. The largest absolute Gasteiger partial charge is 0.507 e. The molecule has 0 aliphatic rings. The van der Waals surface area contributed by atoms with Gasteiger partial charge in [0, 0.05) is 17.4 Å². The van der Waals surface area contributed by atoms with Gasteiger partial charge in [-0.05, 0) is 77.2 Å². The predicted octanol–water partition coefficient (Wildman–Crippen LogP) is 3.56. The first-order valence-corrected chi connectivity index (χ1v) is 8.80. The molecule has 2 N–H and O–H groups in total. The number of amides is 1. The van der Waals surface area contributed by atoms with E-state index in [0.717, 1.165) is 17.1 Å². The molecular weight excluding hydrogens is 445 g/mol. The Morgan fingerprint density at radius 3 is 2.69 bits per heavy atom. The minimum Gasteiger partial charge on any atom is -0.507 e. The molecule has 132 valence electrons. The van der Waals surface area contributed by atoms with Gasteiger partial charge in [0.2, 0.25) is 0 Å². The summed E-state index contributed by atoms with van der Waals surface area (Å²) in [4.78, 5) is 12.1. The minimum atomic E-state index is -0.393. The summed E-state index contributed by atoms with van der Waals surface area (Å²) in [6.45, 7) is 0. The van der Waals surface area contributed by atoms with E-state index in [4.69, 9.17) is 4.74 Å². The van der Waals surface area contributed by atoms with Crippen molar-refractivity contribution >= 4 is 34.7 Å². The van der Waals surface area contributed by atoms with Gasteiger partial charge in [0.15, 0.2) is 0 Å². The number of aromatic nitrogens is 1. The lowest BCUT2D eigenvalue weighted by molar-refractivity contribution is 0.0954. The van der Waals surface area contributed by atoms with Crippen LogP contribution in [0.3, 0.4) is 0 Å². The van der Waals surface area contributed by atoms with Crippen molar-refractivity contribution < 1.29 is 14.6 Å². The van der Waals surface area contributed by atoms with Crippen molar-refractivity contribution in [2.24, 2.45) is 5.10 Å². The molecule has 7 heteroatoms. The van der Waals surface area contributed by atoms with Gasteiger partial charge >= 0.3 is 0 Å². The molecular formula is C19H16IN3O3. The molecule has 0 unspecified atom stereocenters. The Morgan fingerprint density at radius 2 is 2.00 bits per heavy atom. The van der Waals surface area contributed by atoms with Crippen LogP contribution >= 0.6 is 22.6 Å². The molecule has 3 rings (SSSR count). The molecule has 6 nitrogen and oxygen atoms in total. The summed E-state index contributed by atoms with van der Waals surface area (Å²) in [5.74, 6) is 0.454. The molecule has 2 aromatic carbocycles. The van der Waals surface area contributed by atoms with Gasteiger partial charge in [-0.1, -0.05) is 0 Å². The van der Waals surface area contributed by atoms with Crippen LogP contribution < -0.4 is 10.2 Å². The number of hydrazone groups is 1. The van der Waals surface area contributed by atoms with Crippen molar-refractivity contribution in [3.63, 3.8) is 0 Å². The van der Waals surface area contributed by atoms with Gasteiger partial charge in [0.1, 0.15) is 11.5 Å². The van der Waals surface area contributed by atoms with E-state index in [0.29, 0.717) is 9.13 Å². The van der Waals surface area contributed by atoms with Crippen molar-refractivity contribution in [2.75, 3.05) is 7.11 Å². The zero-order valence-electron chi connectivity index (χ0n) is 13.9. The third-order valence-electron chi connectivity index (χ3n) is 3.70. The number of phenols is 1. The first-order chi connectivity index (χ1) is 12.6. The maximum absolute atomic E-state index is 12.1. The van der Waals surface area contributed by atoms with Gasteiger partial charge < -0.3 is 14.4 Å². The van der Waals surface area contributed by atoms with Crippen molar-refractivity contribution in [3.05, 3.63) is 75.6 Å². The lowest BCUT2D eigenvalue weighted by Gasteiger charge is -2.07. The van der Waals surface area contributed by atoms with Crippen LogP contribution in [-0.2, 0) is 0 Å². The number of rotatable bonds is 5. The first-order valence-electron chi connectivity index (χ1n) is 7.72. The smallest absolute Gasteiger partial charge is 0.271 e. The highest BCUT2D eigenvalue weighted by atomic mass is 127. The van der Waals surface area contributed by atoms with Crippen molar-refractivity contribution in [1.82, 2.24) is 9.99 Å². The van der Waals surface area contributed by atoms with Gasteiger partial charge in [-0.3, -0.25) is 4.79 Å². The number of carbonyl (C=O) groups is 1. The number of hydrogen-bond acceptors (Lipinski definition) is 4. The number of benzene rings is 2. The monoisotopic (exact) mass is 461 g/mol. The van der Waals surface area contributed by atoms with Gasteiger partial charge in [0.05, 0.1) is 22.6 Å². The molecule has 0 bridgehead atoms. The summed E-state index contributed by atoms with van der Waals surface area (Å²) in [7, 11) is 1.62. The maximum Gasteiger partial charge on any atom is 0.271 e. The summed E-state index contributed by atoms with van der Waals surface area (Å²) in [5.41, 5.74) is 4.56. The molecule has 0 saturated carbocycles. The number of nitrogens with one attached hydrogen (secondary N) is 1. The van der Waals surface area contributed by atoms with Crippen LogP contribution in [0.5, 0.6) is 11.5 Å². The molecule has 26 heavy (non-hydrogen) atoms. The molecule has 0 radical (unpaired) electrons. The Balaban J connectivity index is 1.72. The summed E-state index contributed by atoms with van der Waals surface area (Å²) < 4.78 is 7.78. The normalized spacial score (nSPS) is 10.8. The van der Waals surface area contributed by atoms with Crippen LogP contribution in [0.15, 0.2) is 65.9 Å². The highest BCUT2D eigenvalue weighted by Crippen LogP contribution is 2.20. The molecule has 0 saturated heterocycles. The molecule has 0 atom stereocenters. The van der Waals surface area contributed by atoms with Gasteiger partial charge in [-0.25, -0.2) is 5.43 Å². The molecule has 0 fully saturated rings. The van der Waals surface area contributed by atoms with Crippen molar-refractivity contribution in [2.45, 2.75) is 0 Å². The molecule has 0 aliphatic carbocycles. The molecule has 1 aromatic heterocycles. The third-order valence-corrected chi connectivity index (χ3v) is 4.61. The highest BCUT2D eigenvalue weighted by molar-refractivity contribution is 14.1. The van der Waals surface area contributed by atoms with E-state index >= 15 is 0 Å². The number of nitrogens with zero attached hydrogens (tertiary/aromatic N) is 2. The number of hydrogen-bond donors (Lipinski definition) is 2. The Bertz CT molecular complexity index is 949. The molecule has 0 aliphatic heterocycles. The van der Waals surface area contributed by atoms with Crippen LogP contribution in [0.4, 0.5) is 0 Å². The zero-order chi connectivity index (χ0) is 18.5.